The second-order valence-corrected chi connectivity index (χ2v) is 7.20. The van der Waals surface area contributed by atoms with Gasteiger partial charge in [-0.15, -0.1) is 0 Å². The first-order valence-corrected chi connectivity index (χ1v) is 9.32. The number of aromatic nitrogens is 1. The number of piperidine rings is 1. The summed E-state index contributed by atoms with van der Waals surface area (Å²) in [4.78, 5) is 33.7. The summed E-state index contributed by atoms with van der Waals surface area (Å²) in [5.41, 5.74) is 0.882. The van der Waals surface area contributed by atoms with Gasteiger partial charge in [0.2, 0.25) is 11.8 Å². The van der Waals surface area contributed by atoms with Crippen molar-refractivity contribution >= 4 is 17.6 Å². The van der Waals surface area contributed by atoms with Crippen LogP contribution in [0, 0.1) is 12.8 Å². The highest BCUT2D eigenvalue weighted by Gasteiger charge is 2.33. The van der Waals surface area contributed by atoms with Crippen molar-refractivity contribution in [1.82, 2.24) is 14.8 Å². The lowest BCUT2D eigenvalue weighted by atomic mass is 9.95. The molecule has 3 heterocycles. The van der Waals surface area contributed by atoms with Crippen LogP contribution in [0.2, 0.25) is 0 Å². The fraction of sp³-hybridized carbons (Fsp3) is 0.632. The highest BCUT2D eigenvalue weighted by molar-refractivity contribution is 5.92. The van der Waals surface area contributed by atoms with E-state index in [4.69, 9.17) is 0 Å². The van der Waals surface area contributed by atoms with E-state index in [1.165, 1.54) is 0 Å². The number of anilines is 1. The van der Waals surface area contributed by atoms with E-state index < -0.39 is 0 Å². The van der Waals surface area contributed by atoms with Gasteiger partial charge in [0, 0.05) is 25.3 Å². The Labute approximate surface area is 149 Å². The summed E-state index contributed by atoms with van der Waals surface area (Å²) in [6, 6.07) is 5.46. The average molecular weight is 344 g/mol. The molecule has 0 aromatic carbocycles. The first kappa shape index (κ1) is 17.9. The fourth-order valence-electron chi connectivity index (χ4n) is 3.77. The van der Waals surface area contributed by atoms with Crippen LogP contribution in [0.25, 0.3) is 0 Å². The molecule has 6 heteroatoms. The van der Waals surface area contributed by atoms with Crippen molar-refractivity contribution in [2.45, 2.75) is 45.6 Å². The number of rotatable bonds is 4. The van der Waals surface area contributed by atoms with Crippen LogP contribution in [0.3, 0.4) is 0 Å². The van der Waals surface area contributed by atoms with Gasteiger partial charge in [-0.3, -0.25) is 14.5 Å². The molecule has 2 amide bonds. The Morgan fingerprint density at radius 1 is 1.20 bits per heavy atom. The van der Waals surface area contributed by atoms with E-state index in [1.807, 2.05) is 36.9 Å². The zero-order valence-corrected chi connectivity index (χ0v) is 15.2. The molecule has 0 aliphatic carbocycles. The predicted molar refractivity (Wildman–Crippen MR) is 97.2 cm³/mol. The van der Waals surface area contributed by atoms with Crippen LogP contribution in [0.5, 0.6) is 0 Å². The molecule has 0 spiro atoms. The molecule has 0 bridgehead atoms. The Hall–Kier alpha value is -1.95. The van der Waals surface area contributed by atoms with Crippen molar-refractivity contribution in [1.29, 1.82) is 0 Å². The minimum atomic E-state index is -0.147. The predicted octanol–water partition coefficient (Wildman–Crippen LogP) is 2.05. The van der Waals surface area contributed by atoms with Gasteiger partial charge in [0.05, 0.1) is 12.0 Å². The number of carbonyl (C=O) groups excluding carboxylic acids is 2. The van der Waals surface area contributed by atoms with Gasteiger partial charge in [0.25, 0.3) is 0 Å². The third kappa shape index (κ3) is 4.37. The Morgan fingerprint density at radius 2 is 1.96 bits per heavy atom. The molecule has 2 aliphatic rings. The first-order chi connectivity index (χ1) is 12.0. The number of pyridine rings is 1. The van der Waals surface area contributed by atoms with E-state index in [0.717, 1.165) is 51.0 Å². The Kier molecular flexibility index (Phi) is 5.68. The van der Waals surface area contributed by atoms with Crippen LogP contribution in [-0.4, -0.2) is 58.8 Å². The molecule has 1 aromatic heterocycles. The van der Waals surface area contributed by atoms with Crippen LogP contribution in [-0.2, 0) is 9.59 Å². The van der Waals surface area contributed by atoms with Crippen molar-refractivity contribution in [3.63, 3.8) is 0 Å². The number of hydrogen-bond donors (Lipinski definition) is 1. The SMILES string of the molecule is Cc1cccc(NC(=O)[C@@H]2CCCN([C@@H](C)C(=O)N3CCCC3)C2)n1. The molecule has 1 aromatic rings. The average Bonchev–Trinajstić information content (AvgIpc) is 3.15. The second kappa shape index (κ2) is 7.95. The van der Waals surface area contributed by atoms with E-state index in [-0.39, 0.29) is 23.8 Å². The fourth-order valence-corrected chi connectivity index (χ4v) is 3.77. The second-order valence-electron chi connectivity index (χ2n) is 7.20. The minimum absolute atomic E-state index is 0.00335. The van der Waals surface area contributed by atoms with Gasteiger partial charge in [-0.2, -0.15) is 0 Å². The molecule has 0 unspecified atom stereocenters. The minimum Gasteiger partial charge on any atom is -0.341 e. The van der Waals surface area contributed by atoms with Gasteiger partial charge in [0.15, 0.2) is 0 Å². The van der Waals surface area contributed by atoms with Crippen molar-refractivity contribution in [3.8, 4) is 0 Å². The Bertz CT molecular complexity index is 628. The molecule has 25 heavy (non-hydrogen) atoms. The highest BCUT2D eigenvalue weighted by atomic mass is 16.2. The largest absolute Gasteiger partial charge is 0.341 e. The molecular formula is C19H28N4O2. The maximum absolute atomic E-state index is 12.6. The summed E-state index contributed by atoms with van der Waals surface area (Å²) in [6.07, 6.45) is 4.01. The third-order valence-corrected chi connectivity index (χ3v) is 5.29. The summed E-state index contributed by atoms with van der Waals surface area (Å²) in [5, 5.41) is 2.92. The Morgan fingerprint density at radius 3 is 2.68 bits per heavy atom. The van der Waals surface area contributed by atoms with Crippen molar-refractivity contribution in [3.05, 3.63) is 23.9 Å². The summed E-state index contributed by atoms with van der Waals surface area (Å²) in [6.45, 7) is 7.15. The first-order valence-electron chi connectivity index (χ1n) is 9.32. The summed E-state index contributed by atoms with van der Waals surface area (Å²) in [7, 11) is 0. The normalized spacial score (nSPS) is 22.6. The van der Waals surface area contributed by atoms with Crippen LogP contribution in [0.1, 0.15) is 38.3 Å². The summed E-state index contributed by atoms with van der Waals surface area (Å²) >= 11 is 0. The number of nitrogens with zero attached hydrogens (tertiary/aromatic N) is 3. The Balaban J connectivity index is 1.58. The van der Waals surface area contributed by atoms with Gasteiger partial charge in [0.1, 0.15) is 5.82 Å². The van der Waals surface area contributed by atoms with E-state index >= 15 is 0 Å². The monoisotopic (exact) mass is 344 g/mol. The molecule has 2 atom stereocenters. The summed E-state index contributed by atoms with van der Waals surface area (Å²) < 4.78 is 0. The lowest BCUT2D eigenvalue weighted by Gasteiger charge is -2.36. The van der Waals surface area contributed by atoms with Crippen molar-refractivity contribution in [2.75, 3.05) is 31.5 Å². The van der Waals surface area contributed by atoms with Crippen LogP contribution < -0.4 is 5.32 Å². The summed E-state index contributed by atoms with van der Waals surface area (Å²) in [5.74, 6) is 0.718. The molecule has 6 nitrogen and oxygen atoms in total. The van der Waals surface area contributed by atoms with Gasteiger partial charge in [-0.25, -0.2) is 4.98 Å². The van der Waals surface area contributed by atoms with Gasteiger partial charge in [-0.05, 0) is 58.2 Å². The van der Waals surface area contributed by atoms with E-state index in [1.54, 1.807) is 0 Å². The lowest BCUT2D eigenvalue weighted by molar-refractivity contribution is -0.137. The quantitative estimate of drug-likeness (QED) is 0.908. The van der Waals surface area contributed by atoms with Crippen LogP contribution in [0.4, 0.5) is 5.82 Å². The number of nitrogens with one attached hydrogen (secondary N) is 1. The number of amides is 2. The zero-order valence-electron chi connectivity index (χ0n) is 15.2. The highest BCUT2D eigenvalue weighted by Crippen LogP contribution is 2.22. The maximum atomic E-state index is 12.6. The number of aryl methyl sites for hydroxylation is 1. The lowest BCUT2D eigenvalue weighted by Crippen LogP contribution is -2.51. The molecule has 0 radical (unpaired) electrons. The molecule has 2 saturated heterocycles. The molecule has 0 saturated carbocycles. The zero-order chi connectivity index (χ0) is 17.8. The number of hydrogen-bond acceptors (Lipinski definition) is 4. The molecule has 2 fully saturated rings. The molecule has 3 rings (SSSR count). The third-order valence-electron chi connectivity index (χ3n) is 5.29. The standard InChI is InChI=1S/C19H28N4O2/c1-14-7-5-9-17(20-14)21-18(24)16-8-6-12-23(13-16)15(2)19(25)22-10-3-4-11-22/h5,7,9,15-16H,3-4,6,8,10-13H2,1-2H3,(H,20,21,24)/t15-,16+/m0/s1. The molecule has 1 N–H and O–H groups in total. The molecular weight excluding hydrogens is 316 g/mol. The maximum Gasteiger partial charge on any atom is 0.239 e. The van der Waals surface area contributed by atoms with Crippen molar-refractivity contribution in [2.24, 2.45) is 5.92 Å². The molecule has 2 aliphatic heterocycles. The topological polar surface area (TPSA) is 65.5 Å². The smallest absolute Gasteiger partial charge is 0.239 e. The van der Waals surface area contributed by atoms with E-state index in [0.29, 0.717) is 12.4 Å². The van der Waals surface area contributed by atoms with Gasteiger partial charge < -0.3 is 10.2 Å². The van der Waals surface area contributed by atoms with E-state index in [2.05, 4.69) is 15.2 Å². The van der Waals surface area contributed by atoms with Gasteiger partial charge >= 0.3 is 0 Å². The van der Waals surface area contributed by atoms with Crippen molar-refractivity contribution < 1.29 is 9.59 Å². The van der Waals surface area contributed by atoms with E-state index in [9.17, 15) is 9.59 Å². The number of carbonyl (C=O) groups is 2. The molecule has 136 valence electrons. The van der Waals surface area contributed by atoms with Gasteiger partial charge in [-0.1, -0.05) is 6.07 Å². The number of likely N-dealkylation sites (tertiary alicyclic amines) is 2. The van der Waals surface area contributed by atoms with Crippen LogP contribution in [0.15, 0.2) is 18.2 Å². The van der Waals surface area contributed by atoms with Crippen LogP contribution >= 0.6 is 0 Å².